The first-order chi connectivity index (χ1) is 11.7. The number of pyridine rings is 1. The number of nitrogens with one attached hydrogen (secondary N) is 1. The van der Waals surface area contributed by atoms with Crippen molar-refractivity contribution in [2.75, 3.05) is 7.11 Å². The minimum atomic E-state index is -0.918. The number of aromatic nitrogens is 1. The highest BCUT2D eigenvalue weighted by molar-refractivity contribution is 5.82. The summed E-state index contributed by atoms with van der Waals surface area (Å²) < 4.78 is 5.06. The Bertz CT molecular complexity index is 742. The van der Waals surface area contributed by atoms with Crippen molar-refractivity contribution >= 4 is 5.97 Å². The van der Waals surface area contributed by atoms with Crippen molar-refractivity contribution in [1.29, 1.82) is 5.26 Å². The van der Waals surface area contributed by atoms with Crippen LogP contribution in [0.25, 0.3) is 0 Å². The molecule has 3 rings (SSSR count). The number of carbonyl (C=O) groups is 1. The maximum Gasteiger partial charge on any atom is 0.326 e. The van der Waals surface area contributed by atoms with Gasteiger partial charge in [-0.25, -0.2) is 0 Å². The summed E-state index contributed by atoms with van der Waals surface area (Å²) in [5.41, 5.74) is 0.871. The van der Waals surface area contributed by atoms with Gasteiger partial charge < -0.3 is 4.74 Å². The van der Waals surface area contributed by atoms with Gasteiger partial charge in [0.2, 0.25) is 0 Å². The summed E-state index contributed by atoms with van der Waals surface area (Å²) in [4.78, 5) is 16.9. The number of carbonyl (C=O) groups excluding carboxylic acids is 1. The van der Waals surface area contributed by atoms with Gasteiger partial charge in [0.05, 0.1) is 30.8 Å². The van der Waals surface area contributed by atoms with Crippen molar-refractivity contribution in [3.8, 4) is 6.07 Å². The number of esters is 1. The number of hydrogen-bond acceptors (Lipinski definition) is 5. The molecule has 0 spiro atoms. The summed E-state index contributed by atoms with van der Waals surface area (Å²) in [5.74, 6) is -0.687. The normalized spacial score (nSPS) is 25.8. The van der Waals surface area contributed by atoms with Crippen LogP contribution in [0.4, 0.5) is 0 Å². The number of methoxy groups -OCH3 is 1. The van der Waals surface area contributed by atoms with Crippen LogP contribution in [0.1, 0.15) is 23.7 Å². The third-order valence-corrected chi connectivity index (χ3v) is 4.50. The molecule has 24 heavy (non-hydrogen) atoms. The topological polar surface area (TPSA) is 75.0 Å². The Morgan fingerprint density at radius 1 is 1.33 bits per heavy atom. The minimum Gasteiger partial charge on any atom is -0.468 e. The highest BCUT2D eigenvalue weighted by atomic mass is 16.5. The molecular weight excluding hydrogens is 302 g/mol. The summed E-state index contributed by atoms with van der Waals surface area (Å²) in [6.07, 6.45) is 2.56. The predicted molar refractivity (Wildman–Crippen MR) is 88.7 cm³/mol. The smallest absolute Gasteiger partial charge is 0.326 e. The van der Waals surface area contributed by atoms with E-state index in [1.54, 1.807) is 6.20 Å². The van der Waals surface area contributed by atoms with Gasteiger partial charge in [0.25, 0.3) is 0 Å². The number of hydrogen-bond donors (Lipinski definition) is 1. The van der Waals surface area contributed by atoms with E-state index in [-0.39, 0.29) is 17.9 Å². The summed E-state index contributed by atoms with van der Waals surface area (Å²) >= 11 is 0. The van der Waals surface area contributed by atoms with Crippen molar-refractivity contribution in [2.24, 2.45) is 5.92 Å². The summed E-state index contributed by atoms with van der Waals surface area (Å²) in [7, 11) is 1.38. The van der Waals surface area contributed by atoms with Crippen molar-refractivity contribution in [3.05, 3.63) is 66.0 Å². The van der Waals surface area contributed by atoms with Gasteiger partial charge in [0.15, 0.2) is 0 Å². The van der Waals surface area contributed by atoms with E-state index in [2.05, 4.69) is 16.4 Å². The Labute approximate surface area is 141 Å². The van der Waals surface area contributed by atoms with Crippen LogP contribution >= 0.6 is 0 Å². The van der Waals surface area contributed by atoms with Gasteiger partial charge in [-0.3, -0.25) is 15.1 Å². The van der Waals surface area contributed by atoms with Crippen LogP contribution in [0.3, 0.4) is 0 Å². The molecule has 0 amide bonds. The van der Waals surface area contributed by atoms with E-state index in [1.807, 2.05) is 48.5 Å². The molecule has 1 aliphatic heterocycles. The molecule has 0 aliphatic carbocycles. The molecule has 1 fully saturated rings. The molecule has 122 valence electrons. The molecule has 0 saturated carbocycles. The van der Waals surface area contributed by atoms with E-state index in [0.29, 0.717) is 12.8 Å². The molecule has 5 nitrogen and oxygen atoms in total. The van der Waals surface area contributed by atoms with Gasteiger partial charge in [-0.15, -0.1) is 0 Å². The highest BCUT2D eigenvalue weighted by Gasteiger charge is 2.51. The molecule has 1 aliphatic rings. The SMILES string of the molecule is COC(=O)[C@]1(Cc2ccccc2)C[C@H](C#N)[C@H](c2ccccn2)N1. The third kappa shape index (κ3) is 3.01. The van der Waals surface area contributed by atoms with E-state index in [1.165, 1.54) is 7.11 Å². The molecule has 0 unspecified atom stereocenters. The van der Waals surface area contributed by atoms with Crippen LogP contribution in [-0.2, 0) is 16.0 Å². The highest BCUT2D eigenvalue weighted by Crippen LogP contribution is 2.39. The van der Waals surface area contributed by atoms with Crippen LogP contribution in [0.15, 0.2) is 54.7 Å². The Balaban J connectivity index is 1.95. The Morgan fingerprint density at radius 2 is 2.08 bits per heavy atom. The van der Waals surface area contributed by atoms with E-state index in [4.69, 9.17) is 4.74 Å². The predicted octanol–water partition coefficient (Wildman–Crippen LogP) is 2.41. The maximum absolute atomic E-state index is 12.6. The lowest BCUT2D eigenvalue weighted by Gasteiger charge is -2.27. The molecule has 1 N–H and O–H groups in total. The van der Waals surface area contributed by atoms with Crippen LogP contribution in [0.5, 0.6) is 0 Å². The minimum absolute atomic E-state index is 0.293. The monoisotopic (exact) mass is 321 g/mol. The number of benzene rings is 1. The van der Waals surface area contributed by atoms with Crippen molar-refractivity contribution < 1.29 is 9.53 Å². The summed E-state index contributed by atoms with van der Waals surface area (Å²) in [6.45, 7) is 0. The van der Waals surface area contributed by atoms with Crippen molar-refractivity contribution in [2.45, 2.75) is 24.4 Å². The Kier molecular flexibility index (Phi) is 4.59. The molecule has 2 aromatic rings. The van der Waals surface area contributed by atoms with Gasteiger partial charge in [-0.2, -0.15) is 5.26 Å². The van der Waals surface area contributed by atoms with Crippen molar-refractivity contribution in [3.63, 3.8) is 0 Å². The molecule has 3 atom stereocenters. The average molecular weight is 321 g/mol. The maximum atomic E-state index is 12.6. The first-order valence-corrected chi connectivity index (χ1v) is 7.89. The fraction of sp³-hybridized carbons (Fsp3) is 0.316. The van der Waals surface area contributed by atoms with Crippen LogP contribution in [-0.4, -0.2) is 23.6 Å². The fourth-order valence-corrected chi connectivity index (χ4v) is 3.39. The Morgan fingerprint density at radius 3 is 2.71 bits per heavy atom. The van der Waals surface area contributed by atoms with Gasteiger partial charge in [0.1, 0.15) is 5.54 Å². The van der Waals surface area contributed by atoms with Crippen LogP contribution in [0.2, 0.25) is 0 Å². The molecule has 1 aromatic heterocycles. The zero-order valence-electron chi connectivity index (χ0n) is 13.5. The number of nitrogens with zero attached hydrogens (tertiary/aromatic N) is 2. The second kappa shape index (κ2) is 6.81. The largest absolute Gasteiger partial charge is 0.468 e. The average Bonchev–Trinajstić information content (AvgIpc) is 3.02. The number of ether oxygens (including phenoxy) is 1. The summed E-state index contributed by atoms with van der Waals surface area (Å²) in [5, 5.41) is 12.9. The summed E-state index contributed by atoms with van der Waals surface area (Å²) in [6, 6.07) is 17.4. The van der Waals surface area contributed by atoms with Gasteiger partial charge in [0, 0.05) is 12.6 Å². The zero-order chi connectivity index (χ0) is 17.0. The number of rotatable bonds is 4. The molecule has 2 heterocycles. The molecule has 0 bridgehead atoms. The lowest BCUT2D eigenvalue weighted by Crippen LogP contribution is -2.50. The van der Waals surface area contributed by atoms with Gasteiger partial charge in [-0.05, 0) is 24.1 Å². The van der Waals surface area contributed by atoms with Gasteiger partial charge >= 0.3 is 5.97 Å². The quantitative estimate of drug-likeness (QED) is 0.875. The molecule has 0 radical (unpaired) electrons. The van der Waals surface area contributed by atoms with Crippen LogP contribution < -0.4 is 5.32 Å². The second-order valence-corrected chi connectivity index (χ2v) is 6.05. The molecule has 1 saturated heterocycles. The van der Waals surface area contributed by atoms with E-state index in [0.717, 1.165) is 11.3 Å². The molecule has 1 aromatic carbocycles. The standard InChI is InChI=1S/C19H19N3O2/c1-24-18(23)19(11-14-7-3-2-4-8-14)12-15(13-20)17(22-19)16-9-5-6-10-21-16/h2-10,15,17,22H,11-12H2,1H3/t15-,17-,19+/m1/s1. The number of nitriles is 1. The van der Waals surface area contributed by atoms with Crippen molar-refractivity contribution in [1.82, 2.24) is 10.3 Å². The molecule has 5 heteroatoms. The van der Waals surface area contributed by atoms with E-state index >= 15 is 0 Å². The Hall–Kier alpha value is -2.71. The van der Waals surface area contributed by atoms with E-state index in [9.17, 15) is 10.1 Å². The fourth-order valence-electron chi connectivity index (χ4n) is 3.39. The van der Waals surface area contributed by atoms with Gasteiger partial charge in [-0.1, -0.05) is 36.4 Å². The van der Waals surface area contributed by atoms with E-state index < -0.39 is 5.54 Å². The zero-order valence-corrected chi connectivity index (χ0v) is 13.5. The second-order valence-electron chi connectivity index (χ2n) is 6.05. The van der Waals surface area contributed by atoms with Crippen LogP contribution in [0, 0.1) is 17.2 Å². The first kappa shape index (κ1) is 16.2. The first-order valence-electron chi connectivity index (χ1n) is 7.89. The third-order valence-electron chi connectivity index (χ3n) is 4.50. The lowest BCUT2D eigenvalue weighted by molar-refractivity contribution is -0.148. The lowest BCUT2D eigenvalue weighted by atomic mass is 9.86. The molecular formula is C19H19N3O2.